The van der Waals surface area contributed by atoms with Crippen molar-refractivity contribution in [2.24, 2.45) is 0 Å². The Labute approximate surface area is 137 Å². The normalized spacial score (nSPS) is 12.6. The molecule has 1 aliphatic heterocycles. The lowest BCUT2D eigenvalue weighted by Gasteiger charge is -2.06. The molecule has 0 fully saturated rings. The second-order valence-electron chi connectivity index (χ2n) is 5.26. The number of ether oxygens (including phenoxy) is 2. The van der Waals surface area contributed by atoms with Crippen molar-refractivity contribution in [3.63, 3.8) is 0 Å². The van der Waals surface area contributed by atoms with Crippen molar-refractivity contribution in [2.45, 2.75) is 6.54 Å². The third-order valence-electron chi connectivity index (χ3n) is 3.78. The molecule has 0 atom stereocenters. The van der Waals surface area contributed by atoms with Crippen molar-refractivity contribution < 1.29 is 14.3 Å². The molecule has 2 heterocycles. The van der Waals surface area contributed by atoms with Gasteiger partial charge in [-0.05, 0) is 29.8 Å². The average Bonchev–Trinajstić information content (AvgIpc) is 3.18. The van der Waals surface area contributed by atoms with Gasteiger partial charge in [-0.15, -0.1) is 0 Å². The maximum absolute atomic E-state index is 12.4. The number of H-pyrrole nitrogens is 1. The Hall–Kier alpha value is -2.66. The molecule has 0 saturated heterocycles. The number of carbonyl (C=O) groups excluding carboxylic acids is 1. The highest BCUT2D eigenvalue weighted by Gasteiger charge is 2.15. The van der Waals surface area contributed by atoms with Gasteiger partial charge in [0.25, 0.3) is 5.91 Å². The van der Waals surface area contributed by atoms with Gasteiger partial charge >= 0.3 is 0 Å². The molecule has 1 amide bonds. The van der Waals surface area contributed by atoms with Crippen LogP contribution in [0, 0.1) is 0 Å². The molecule has 0 radical (unpaired) electrons. The van der Waals surface area contributed by atoms with Gasteiger partial charge in [-0.3, -0.25) is 4.79 Å². The third-order valence-corrected chi connectivity index (χ3v) is 4.01. The summed E-state index contributed by atoms with van der Waals surface area (Å²) in [5, 5.41) is 4.39. The number of aromatic nitrogens is 1. The molecule has 0 saturated carbocycles. The number of fused-ring (bicyclic) bond motifs is 2. The Morgan fingerprint density at radius 3 is 2.96 bits per heavy atom. The average molecular weight is 329 g/mol. The summed E-state index contributed by atoms with van der Waals surface area (Å²) in [6.45, 7) is 0.652. The number of nitrogens with one attached hydrogen (secondary N) is 2. The Balaban J connectivity index is 1.51. The van der Waals surface area contributed by atoms with Gasteiger partial charge < -0.3 is 19.8 Å². The Kier molecular flexibility index (Phi) is 3.35. The van der Waals surface area contributed by atoms with Crippen molar-refractivity contribution in [3.8, 4) is 11.5 Å². The van der Waals surface area contributed by atoms with Crippen LogP contribution in [0.1, 0.15) is 15.9 Å². The number of hydrogen-bond acceptors (Lipinski definition) is 3. The number of rotatable bonds is 3. The molecular formula is C17H13ClN2O3. The number of hydrogen-bond donors (Lipinski definition) is 2. The lowest BCUT2D eigenvalue weighted by molar-refractivity contribution is 0.0952. The van der Waals surface area contributed by atoms with Crippen LogP contribution >= 0.6 is 11.6 Å². The highest BCUT2D eigenvalue weighted by Crippen LogP contribution is 2.32. The highest BCUT2D eigenvalue weighted by molar-refractivity contribution is 6.31. The largest absolute Gasteiger partial charge is 0.454 e. The van der Waals surface area contributed by atoms with Gasteiger partial charge in [0.05, 0.1) is 5.56 Å². The monoisotopic (exact) mass is 328 g/mol. The van der Waals surface area contributed by atoms with Crippen LogP contribution in [0.5, 0.6) is 11.5 Å². The molecule has 116 valence electrons. The first kappa shape index (κ1) is 14.0. The van der Waals surface area contributed by atoms with E-state index < -0.39 is 0 Å². The van der Waals surface area contributed by atoms with E-state index in [1.54, 1.807) is 18.3 Å². The van der Waals surface area contributed by atoms with E-state index in [0.717, 1.165) is 22.2 Å². The Morgan fingerprint density at radius 1 is 1.17 bits per heavy atom. The van der Waals surface area contributed by atoms with Crippen molar-refractivity contribution in [2.75, 3.05) is 6.79 Å². The second kappa shape index (κ2) is 5.52. The molecule has 1 aliphatic rings. The summed E-state index contributed by atoms with van der Waals surface area (Å²) in [7, 11) is 0. The number of halogens is 1. The van der Waals surface area contributed by atoms with E-state index in [-0.39, 0.29) is 12.7 Å². The fraction of sp³-hybridized carbons (Fsp3) is 0.118. The molecule has 5 nitrogen and oxygen atoms in total. The molecule has 0 unspecified atom stereocenters. The van der Waals surface area contributed by atoms with E-state index in [2.05, 4.69) is 10.3 Å². The minimum absolute atomic E-state index is 0.142. The minimum Gasteiger partial charge on any atom is -0.454 e. The van der Waals surface area contributed by atoms with Crippen molar-refractivity contribution in [1.82, 2.24) is 10.3 Å². The van der Waals surface area contributed by atoms with E-state index in [0.29, 0.717) is 22.9 Å². The minimum atomic E-state index is -0.142. The third kappa shape index (κ3) is 2.59. The van der Waals surface area contributed by atoms with Crippen LogP contribution in [0.25, 0.3) is 10.9 Å². The maximum Gasteiger partial charge on any atom is 0.253 e. The first-order valence-electron chi connectivity index (χ1n) is 7.14. The summed E-state index contributed by atoms with van der Waals surface area (Å²) >= 11 is 5.95. The van der Waals surface area contributed by atoms with Gasteiger partial charge in [0.1, 0.15) is 0 Å². The lowest BCUT2D eigenvalue weighted by Crippen LogP contribution is -2.22. The van der Waals surface area contributed by atoms with Crippen LogP contribution in [0.2, 0.25) is 5.02 Å². The van der Waals surface area contributed by atoms with Gasteiger partial charge in [0.2, 0.25) is 6.79 Å². The van der Waals surface area contributed by atoms with Gasteiger partial charge in [-0.1, -0.05) is 23.7 Å². The lowest BCUT2D eigenvalue weighted by atomic mass is 10.1. The summed E-state index contributed by atoms with van der Waals surface area (Å²) < 4.78 is 10.6. The van der Waals surface area contributed by atoms with E-state index >= 15 is 0 Å². The molecule has 2 aromatic carbocycles. The molecule has 0 spiro atoms. The first-order valence-corrected chi connectivity index (χ1v) is 7.52. The molecule has 0 aliphatic carbocycles. The molecule has 2 N–H and O–H groups in total. The van der Waals surface area contributed by atoms with Crippen LogP contribution in [0.3, 0.4) is 0 Å². The molecule has 0 bridgehead atoms. The van der Waals surface area contributed by atoms with Crippen molar-refractivity contribution in [1.29, 1.82) is 0 Å². The van der Waals surface area contributed by atoms with Gasteiger partial charge in [-0.25, -0.2) is 0 Å². The van der Waals surface area contributed by atoms with Crippen LogP contribution in [-0.4, -0.2) is 17.7 Å². The van der Waals surface area contributed by atoms with Gasteiger partial charge in [0, 0.05) is 28.7 Å². The van der Waals surface area contributed by atoms with Crippen LogP contribution in [0.15, 0.2) is 42.6 Å². The smallest absolute Gasteiger partial charge is 0.253 e. The zero-order valence-electron chi connectivity index (χ0n) is 12.1. The van der Waals surface area contributed by atoms with E-state index in [4.69, 9.17) is 21.1 Å². The van der Waals surface area contributed by atoms with E-state index in [1.807, 2.05) is 24.3 Å². The van der Waals surface area contributed by atoms with Gasteiger partial charge in [-0.2, -0.15) is 0 Å². The highest BCUT2D eigenvalue weighted by atomic mass is 35.5. The molecule has 3 aromatic rings. The fourth-order valence-electron chi connectivity index (χ4n) is 2.61. The summed E-state index contributed by atoms with van der Waals surface area (Å²) in [5.74, 6) is 1.29. The van der Waals surface area contributed by atoms with Crippen LogP contribution in [0.4, 0.5) is 0 Å². The van der Waals surface area contributed by atoms with Crippen LogP contribution < -0.4 is 14.8 Å². The van der Waals surface area contributed by atoms with Crippen LogP contribution in [-0.2, 0) is 6.54 Å². The second-order valence-corrected chi connectivity index (χ2v) is 5.70. The van der Waals surface area contributed by atoms with E-state index in [9.17, 15) is 4.79 Å². The van der Waals surface area contributed by atoms with Crippen molar-refractivity contribution in [3.05, 3.63) is 58.7 Å². The summed E-state index contributed by atoms with van der Waals surface area (Å²) in [6, 6.07) is 11.0. The standard InChI is InChI=1S/C17H13ClN2O3/c18-11-2-3-12-13(8-19-14(12)6-11)17(21)20-7-10-1-4-15-16(5-10)23-9-22-15/h1-6,8,19H,7,9H2,(H,20,21). The Bertz CT molecular complexity index is 904. The summed E-state index contributed by atoms with van der Waals surface area (Å²) in [6.07, 6.45) is 1.69. The quantitative estimate of drug-likeness (QED) is 0.773. The predicted octanol–water partition coefficient (Wildman–Crippen LogP) is 3.48. The van der Waals surface area contributed by atoms with Crippen molar-refractivity contribution >= 4 is 28.4 Å². The molecule has 4 rings (SSSR count). The number of benzene rings is 2. The zero-order valence-corrected chi connectivity index (χ0v) is 12.8. The molecule has 6 heteroatoms. The molecule has 23 heavy (non-hydrogen) atoms. The topological polar surface area (TPSA) is 63.4 Å². The van der Waals surface area contributed by atoms with E-state index in [1.165, 1.54) is 0 Å². The number of aromatic amines is 1. The zero-order chi connectivity index (χ0) is 15.8. The first-order chi connectivity index (χ1) is 11.2. The number of amides is 1. The SMILES string of the molecule is O=C(NCc1ccc2c(c1)OCO2)c1c[nH]c2cc(Cl)ccc12. The molecular weight excluding hydrogens is 316 g/mol. The predicted molar refractivity (Wildman–Crippen MR) is 87.0 cm³/mol. The Morgan fingerprint density at radius 2 is 2.04 bits per heavy atom. The fourth-order valence-corrected chi connectivity index (χ4v) is 2.79. The number of carbonyl (C=O) groups is 1. The molecule has 1 aromatic heterocycles. The summed E-state index contributed by atoms with van der Waals surface area (Å²) in [5.41, 5.74) is 2.38. The maximum atomic E-state index is 12.4. The summed E-state index contributed by atoms with van der Waals surface area (Å²) in [4.78, 5) is 15.5. The van der Waals surface area contributed by atoms with Gasteiger partial charge in [0.15, 0.2) is 11.5 Å².